The summed E-state index contributed by atoms with van der Waals surface area (Å²) in [5.41, 5.74) is 3.65. The molecule has 4 nitrogen and oxygen atoms in total. The van der Waals surface area contributed by atoms with E-state index in [0.29, 0.717) is 6.07 Å². The van der Waals surface area contributed by atoms with Crippen molar-refractivity contribution in [2.75, 3.05) is 5.73 Å². The summed E-state index contributed by atoms with van der Waals surface area (Å²) < 4.78 is 36.7. The molecule has 1 rings (SSSR count). The number of nitrogens with two attached hydrogens (primary N) is 1. The standard InChI is InChI=1S/C8H7F3N2O2/c9-8(10,11)6-2-4(12)1-5(13-6)3-7(14)15/h1-2H,3H2,(H2,12,13)(H,14,15). The molecule has 0 fully saturated rings. The molecule has 1 aromatic heterocycles. The van der Waals surface area contributed by atoms with Gasteiger partial charge in [-0.2, -0.15) is 13.2 Å². The van der Waals surface area contributed by atoms with Crippen LogP contribution in [0.3, 0.4) is 0 Å². The van der Waals surface area contributed by atoms with Crippen molar-refractivity contribution in [1.29, 1.82) is 0 Å². The van der Waals surface area contributed by atoms with Gasteiger partial charge in [-0.05, 0) is 12.1 Å². The summed E-state index contributed by atoms with van der Waals surface area (Å²) in [6.45, 7) is 0. The summed E-state index contributed by atoms with van der Waals surface area (Å²) in [4.78, 5) is 13.4. The maximum Gasteiger partial charge on any atom is 0.433 e. The van der Waals surface area contributed by atoms with Crippen molar-refractivity contribution >= 4 is 11.7 Å². The van der Waals surface area contributed by atoms with Gasteiger partial charge >= 0.3 is 12.1 Å². The highest BCUT2D eigenvalue weighted by molar-refractivity contribution is 5.70. The number of nitrogens with zero attached hydrogens (tertiary/aromatic N) is 1. The molecule has 0 saturated carbocycles. The Morgan fingerprint density at radius 2 is 2.07 bits per heavy atom. The number of aromatic nitrogens is 1. The Morgan fingerprint density at radius 1 is 1.47 bits per heavy atom. The zero-order valence-corrected chi connectivity index (χ0v) is 7.38. The number of carboxylic acids is 1. The van der Waals surface area contributed by atoms with E-state index in [0.717, 1.165) is 6.07 Å². The van der Waals surface area contributed by atoms with Gasteiger partial charge in [-0.1, -0.05) is 0 Å². The molecule has 7 heteroatoms. The predicted molar refractivity (Wildman–Crippen MR) is 45.0 cm³/mol. The van der Waals surface area contributed by atoms with E-state index in [1.165, 1.54) is 0 Å². The van der Waals surface area contributed by atoms with E-state index in [-0.39, 0.29) is 11.4 Å². The highest BCUT2D eigenvalue weighted by Gasteiger charge is 2.33. The Labute approximate surface area is 82.5 Å². The number of carbonyl (C=O) groups is 1. The van der Waals surface area contributed by atoms with Crippen LogP contribution in [0.2, 0.25) is 0 Å². The lowest BCUT2D eigenvalue weighted by atomic mass is 10.2. The minimum atomic E-state index is -4.62. The predicted octanol–water partition coefficient (Wildman–Crippen LogP) is 1.31. The average Bonchev–Trinajstić information content (AvgIpc) is 1.99. The van der Waals surface area contributed by atoms with E-state index in [9.17, 15) is 18.0 Å². The number of alkyl halides is 3. The maximum absolute atomic E-state index is 12.2. The van der Waals surface area contributed by atoms with Gasteiger partial charge in [0.2, 0.25) is 0 Å². The molecule has 15 heavy (non-hydrogen) atoms. The van der Waals surface area contributed by atoms with Gasteiger partial charge in [0.25, 0.3) is 0 Å². The van der Waals surface area contributed by atoms with E-state index in [2.05, 4.69) is 4.98 Å². The van der Waals surface area contributed by atoms with E-state index < -0.39 is 24.3 Å². The van der Waals surface area contributed by atoms with Crippen molar-refractivity contribution < 1.29 is 23.1 Å². The molecular formula is C8H7F3N2O2. The minimum absolute atomic E-state index is 0.159. The molecule has 1 heterocycles. The number of carboxylic acid groups (broad SMARTS) is 1. The van der Waals surface area contributed by atoms with Crippen molar-refractivity contribution in [3.8, 4) is 0 Å². The van der Waals surface area contributed by atoms with Crippen molar-refractivity contribution in [3.05, 3.63) is 23.5 Å². The van der Waals surface area contributed by atoms with Crippen LogP contribution in [0.25, 0.3) is 0 Å². The molecule has 0 aromatic carbocycles. The van der Waals surface area contributed by atoms with Gasteiger partial charge < -0.3 is 10.8 Å². The number of hydrogen-bond donors (Lipinski definition) is 2. The molecule has 0 radical (unpaired) electrons. The third-order valence-corrected chi connectivity index (χ3v) is 1.52. The molecular weight excluding hydrogens is 213 g/mol. The second-order valence-electron chi connectivity index (χ2n) is 2.85. The largest absolute Gasteiger partial charge is 0.481 e. The number of rotatable bonds is 2. The van der Waals surface area contributed by atoms with Crippen molar-refractivity contribution in [2.45, 2.75) is 12.6 Å². The number of anilines is 1. The Hall–Kier alpha value is -1.79. The maximum atomic E-state index is 12.2. The summed E-state index contributed by atoms with van der Waals surface area (Å²) in [6, 6.07) is 1.76. The molecule has 82 valence electrons. The molecule has 1 aromatic rings. The normalized spacial score (nSPS) is 11.4. The van der Waals surface area contributed by atoms with E-state index >= 15 is 0 Å². The van der Waals surface area contributed by atoms with Gasteiger partial charge in [-0.15, -0.1) is 0 Å². The molecule has 3 N–H and O–H groups in total. The average molecular weight is 220 g/mol. The highest BCUT2D eigenvalue weighted by Crippen LogP contribution is 2.29. The molecule has 0 bridgehead atoms. The first-order valence-corrected chi connectivity index (χ1v) is 3.84. The molecule has 0 atom stereocenters. The summed E-state index contributed by atoms with van der Waals surface area (Å²) >= 11 is 0. The van der Waals surface area contributed by atoms with E-state index in [4.69, 9.17) is 10.8 Å². The molecule has 0 aliphatic rings. The molecule has 0 aliphatic carbocycles. The van der Waals surface area contributed by atoms with E-state index in [1.807, 2.05) is 0 Å². The zero-order chi connectivity index (χ0) is 11.6. The van der Waals surface area contributed by atoms with Gasteiger partial charge in [0.15, 0.2) is 0 Å². The van der Waals surface area contributed by atoms with Crippen molar-refractivity contribution in [2.24, 2.45) is 0 Å². The van der Waals surface area contributed by atoms with Crippen LogP contribution in [-0.2, 0) is 17.4 Å². The Kier molecular flexibility index (Phi) is 2.83. The number of halogens is 3. The third kappa shape index (κ3) is 3.12. The number of aliphatic carboxylic acids is 1. The molecule has 0 amide bonds. The van der Waals surface area contributed by atoms with Gasteiger partial charge in [0.1, 0.15) is 5.69 Å². The fourth-order valence-electron chi connectivity index (χ4n) is 1.00. The first-order chi connectivity index (χ1) is 6.79. The Morgan fingerprint density at radius 3 is 2.53 bits per heavy atom. The lowest BCUT2D eigenvalue weighted by Gasteiger charge is -2.08. The molecule has 0 spiro atoms. The van der Waals surface area contributed by atoms with Crippen LogP contribution in [-0.4, -0.2) is 16.1 Å². The number of nitrogen functional groups attached to an aromatic ring is 1. The van der Waals surface area contributed by atoms with Gasteiger partial charge in [-0.25, -0.2) is 4.98 Å². The van der Waals surface area contributed by atoms with Crippen LogP contribution in [0.15, 0.2) is 12.1 Å². The molecule has 0 aliphatic heterocycles. The molecule has 0 saturated heterocycles. The smallest absolute Gasteiger partial charge is 0.433 e. The van der Waals surface area contributed by atoms with Crippen molar-refractivity contribution in [1.82, 2.24) is 4.98 Å². The van der Waals surface area contributed by atoms with Crippen LogP contribution in [0.5, 0.6) is 0 Å². The van der Waals surface area contributed by atoms with Crippen LogP contribution < -0.4 is 5.73 Å². The van der Waals surface area contributed by atoms with Gasteiger partial charge in [-0.3, -0.25) is 4.79 Å². The summed E-state index contributed by atoms with van der Waals surface area (Å²) in [5.74, 6) is -1.26. The number of hydrogen-bond acceptors (Lipinski definition) is 3. The van der Waals surface area contributed by atoms with Crippen LogP contribution in [0.4, 0.5) is 18.9 Å². The fourth-order valence-corrected chi connectivity index (χ4v) is 1.00. The second-order valence-corrected chi connectivity index (χ2v) is 2.85. The molecule has 0 unspecified atom stereocenters. The van der Waals surface area contributed by atoms with E-state index in [1.54, 1.807) is 0 Å². The van der Waals surface area contributed by atoms with Crippen LogP contribution >= 0.6 is 0 Å². The van der Waals surface area contributed by atoms with Crippen LogP contribution in [0.1, 0.15) is 11.4 Å². The topological polar surface area (TPSA) is 76.2 Å². The number of pyridine rings is 1. The lowest BCUT2D eigenvalue weighted by molar-refractivity contribution is -0.142. The summed E-state index contributed by atoms with van der Waals surface area (Å²) in [6.07, 6.45) is -5.21. The SMILES string of the molecule is Nc1cc(CC(=O)O)nc(C(F)(F)F)c1. The highest BCUT2D eigenvalue weighted by atomic mass is 19.4. The fraction of sp³-hybridized carbons (Fsp3) is 0.250. The summed E-state index contributed by atoms with van der Waals surface area (Å²) in [7, 11) is 0. The van der Waals surface area contributed by atoms with Crippen LogP contribution in [0, 0.1) is 0 Å². The minimum Gasteiger partial charge on any atom is -0.481 e. The van der Waals surface area contributed by atoms with Crippen molar-refractivity contribution in [3.63, 3.8) is 0 Å². The summed E-state index contributed by atoms with van der Waals surface area (Å²) in [5, 5.41) is 8.39. The monoisotopic (exact) mass is 220 g/mol. The first kappa shape index (κ1) is 11.3. The van der Waals surface area contributed by atoms with Gasteiger partial charge in [0, 0.05) is 5.69 Å². The first-order valence-electron chi connectivity index (χ1n) is 3.84. The quantitative estimate of drug-likeness (QED) is 0.787. The Balaban J connectivity index is 3.11. The lowest BCUT2D eigenvalue weighted by Crippen LogP contribution is -2.12. The Bertz CT molecular complexity index is 390. The third-order valence-electron chi connectivity index (χ3n) is 1.52. The second kappa shape index (κ2) is 3.76. The zero-order valence-electron chi connectivity index (χ0n) is 7.38. The van der Waals surface area contributed by atoms with Gasteiger partial charge in [0.05, 0.1) is 12.1 Å².